The number of rotatable bonds is 4. The largest absolute Gasteiger partial charge is 0.378 e. The van der Waals surface area contributed by atoms with Crippen molar-refractivity contribution in [1.82, 2.24) is 4.90 Å². The van der Waals surface area contributed by atoms with Crippen molar-refractivity contribution < 1.29 is 14.3 Å². The van der Waals surface area contributed by atoms with E-state index in [1.54, 1.807) is 17.0 Å². The molecule has 4 nitrogen and oxygen atoms in total. The maximum Gasteiger partial charge on any atom is 0.256 e. The van der Waals surface area contributed by atoms with E-state index in [1.807, 2.05) is 18.2 Å². The summed E-state index contributed by atoms with van der Waals surface area (Å²) in [5, 5.41) is 11.7. The molecular formula is C24H21Cl4FN2O2. The number of amides is 1. The highest BCUT2D eigenvalue weighted by molar-refractivity contribution is 6.36. The van der Waals surface area contributed by atoms with Gasteiger partial charge in [-0.05, 0) is 42.3 Å². The number of anilines is 1. The molecule has 1 aliphatic heterocycles. The highest BCUT2D eigenvalue weighted by Crippen LogP contribution is 2.35. The SMILES string of the molecule is O=C(C(O)c1ccc(F)cc1Cl)N1CCN(c2ccc(Cl)cc2Cl)[C@H](C2=CCC(Cl)C=C2)C1. The van der Waals surface area contributed by atoms with Crippen molar-refractivity contribution in [3.05, 3.63) is 86.6 Å². The van der Waals surface area contributed by atoms with Crippen LogP contribution in [0.15, 0.2) is 60.2 Å². The zero-order chi connectivity index (χ0) is 23.7. The number of nitrogens with zero attached hydrogens (tertiary/aromatic N) is 2. The Kier molecular flexibility index (Phi) is 7.56. The van der Waals surface area contributed by atoms with E-state index < -0.39 is 17.8 Å². The summed E-state index contributed by atoms with van der Waals surface area (Å²) >= 11 is 24.9. The van der Waals surface area contributed by atoms with Crippen LogP contribution in [0.2, 0.25) is 15.1 Å². The van der Waals surface area contributed by atoms with Gasteiger partial charge < -0.3 is 14.9 Å². The van der Waals surface area contributed by atoms with Crippen molar-refractivity contribution in [3.63, 3.8) is 0 Å². The number of hydrogen-bond acceptors (Lipinski definition) is 3. The third-order valence-electron chi connectivity index (χ3n) is 5.86. The minimum absolute atomic E-state index is 0.00468. The second-order valence-electron chi connectivity index (χ2n) is 7.97. The first-order chi connectivity index (χ1) is 15.7. The standard InChI is InChI=1S/C24H21Cl4FN2O2/c25-15-3-1-14(2-4-15)22-13-30(9-10-31(22)21-8-5-16(26)11-20(21)28)24(33)23(32)18-7-6-17(29)12-19(18)27/h1-3,5-8,11-12,15,22-23,32H,4,9-10,13H2/t15?,22-,23?/m0/s1. The van der Waals surface area contributed by atoms with Crippen LogP contribution in [0.3, 0.4) is 0 Å². The lowest BCUT2D eigenvalue weighted by Crippen LogP contribution is -2.56. The third-order valence-corrected chi connectivity index (χ3v) is 7.05. The lowest BCUT2D eigenvalue weighted by atomic mass is 9.95. The quantitative estimate of drug-likeness (QED) is 0.492. The number of hydrogen-bond donors (Lipinski definition) is 1. The van der Waals surface area contributed by atoms with E-state index in [2.05, 4.69) is 11.0 Å². The molecule has 0 radical (unpaired) electrons. The number of benzene rings is 2. The number of halogens is 5. The molecule has 2 aliphatic rings. The van der Waals surface area contributed by atoms with Crippen molar-refractivity contribution in [2.45, 2.75) is 23.9 Å². The second kappa shape index (κ2) is 10.2. The molecule has 1 fully saturated rings. The van der Waals surface area contributed by atoms with E-state index in [4.69, 9.17) is 46.4 Å². The first-order valence-corrected chi connectivity index (χ1v) is 12.0. The minimum atomic E-state index is -1.49. The molecule has 0 saturated carbocycles. The number of aliphatic hydroxyl groups excluding tert-OH is 1. The molecular weight excluding hydrogens is 509 g/mol. The normalized spacial score (nSPS) is 21.7. The minimum Gasteiger partial charge on any atom is -0.378 e. The lowest BCUT2D eigenvalue weighted by molar-refractivity contribution is -0.141. The highest BCUT2D eigenvalue weighted by atomic mass is 35.5. The predicted octanol–water partition coefficient (Wildman–Crippen LogP) is 6.03. The van der Waals surface area contributed by atoms with Crippen LogP contribution in [-0.4, -0.2) is 47.0 Å². The molecule has 1 N–H and O–H groups in total. The van der Waals surface area contributed by atoms with Crippen LogP contribution >= 0.6 is 46.4 Å². The zero-order valence-electron chi connectivity index (χ0n) is 17.4. The molecule has 1 amide bonds. The molecule has 1 heterocycles. The van der Waals surface area contributed by atoms with E-state index in [0.717, 1.165) is 17.3 Å². The maximum absolute atomic E-state index is 13.4. The van der Waals surface area contributed by atoms with Gasteiger partial charge in [-0.25, -0.2) is 4.39 Å². The molecule has 2 aromatic rings. The molecule has 4 rings (SSSR count). The number of allylic oxidation sites excluding steroid dienone is 2. The van der Waals surface area contributed by atoms with Crippen LogP contribution in [0, 0.1) is 5.82 Å². The third kappa shape index (κ3) is 5.33. The first-order valence-electron chi connectivity index (χ1n) is 10.4. The van der Waals surface area contributed by atoms with Crippen LogP contribution in [0.5, 0.6) is 0 Å². The fraction of sp³-hybridized carbons (Fsp3) is 0.292. The number of aliphatic hydroxyl groups is 1. The summed E-state index contributed by atoms with van der Waals surface area (Å²) in [6, 6.07) is 8.69. The Labute approximate surface area is 211 Å². The van der Waals surface area contributed by atoms with Crippen LogP contribution < -0.4 is 4.90 Å². The number of carbonyl (C=O) groups excluding carboxylic acids is 1. The van der Waals surface area contributed by atoms with Crippen LogP contribution in [0.25, 0.3) is 0 Å². The molecule has 2 unspecified atom stereocenters. The molecule has 3 atom stereocenters. The van der Waals surface area contributed by atoms with Crippen LogP contribution in [0.4, 0.5) is 10.1 Å². The Morgan fingerprint density at radius 2 is 1.88 bits per heavy atom. The molecule has 9 heteroatoms. The smallest absolute Gasteiger partial charge is 0.256 e. The summed E-state index contributed by atoms with van der Waals surface area (Å²) in [6.45, 7) is 1.16. The van der Waals surface area contributed by atoms with Gasteiger partial charge in [0.2, 0.25) is 0 Å². The van der Waals surface area contributed by atoms with Crippen LogP contribution in [-0.2, 0) is 4.79 Å². The lowest BCUT2D eigenvalue weighted by Gasteiger charge is -2.44. The van der Waals surface area contributed by atoms with Crippen molar-refractivity contribution in [1.29, 1.82) is 0 Å². The Morgan fingerprint density at radius 1 is 1.09 bits per heavy atom. The van der Waals surface area contributed by atoms with Crippen molar-refractivity contribution in [2.24, 2.45) is 0 Å². The average molecular weight is 530 g/mol. The van der Waals surface area contributed by atoms with Gasteiger partial charge in [-0.15, -0.1) is 11.6 Å². The molecule has 174 valence electrons. The Morgan fingerprint density at radius 3 is 2.55 bits per heavy atom. The van der Waals surface area contributed by atoms with E-state index in [9.17, 15) is 14.3 Å². The second-order valence-corrected chi connectivity index (χ2v) is 9.78. The summed E-state index contributed by atoms with van der Waals surface area (Å²) in [5.41, 5.74) is 1.98. The van der Waals surface area contributed by atoms with Gasteiger partial charge in [0.05, 0.1) is 22.1 Å². The monoisotopic (exact) mass is 528 g/mol. The fourth-order valence-corrected chi connectivity index (χ4v) is 5.11. The maximum atomic E-state index is 13.4. The van der Waals surface area contributed by atoms with Crippen molar-refractivity contribution in [3.8, 4) is 0 Å². The van der Waals surface area contributed by atoms with Gasteiger partial charge in [-0.2, -0.15) is 0 Å². The van der Waals surface area contributed by atoms with Gasteiger partial charge in [0, 0.05) is 35.2 Å². The molecule has 0 bridgehead atoms. The van der Waals surface area contributed by atoms with E-state index in [-0.39, 0.29) is 22.0 Å². The van der Waals surface area contributed by atoms with Crippen molar-refractivity contribution in [2.75, 3.05) is 24.5 Å². The molecule has 2 aromatic carbocycles. The summed E-state index contributed by atoms with van der Waals surface area (Å²) < 4.78 is 13.4. The van der Waals surface area contributed by atoms with Crippen LogP contribution in [0.1, 0.15) is 18.1 Å². The highest BCUT2D eigenvalue weighted by Gasteiger charge is 2.35. The zero-order valence-corrected chi connectivity index (χ0v) is 20.4. The van der Waals surface area contributed by atoms with Crippen molar-refractivity contribution >= 4 is 58.0 Å². The predicted molar refractivity (Wildman–Crippen MR) is 132 cm³/mol. The summed E-state index contributed by atoms with van der Waals surface area (Å²) in [6.07, 6.45) is 5.12. The fourth-order valence-electron chi connectivity index (χ4n) is 4.16. The van der Waals surface area contributed by atoms with E-state index in [1.165, 1.54) is 12.1 Å². The summed E-state index contributed by atoms with van der Waals surface area (Å²) in [7, 11) is 0. The molecule has 1 aliphatic carbocycles. The van der Waals surface area contributed by atoms with Gasteiger partial charge >= 0.3 is 0 Å². The first kappa shape index (κ1) is 24.4. The van der Waals surface area contributed by atoms with Gasteiger partial charge in [0.15, 0.2) is 6.10 Å². The van der Waals surface area contributed by atoms with E-state index in [0.29, 0.717) is 36.1 Å². The average Bonchev–Trinajstić information content (AvgIpc) is 2.78. The summed E-state index contributed by atoms with van der Waals surface area (Å²) in [4.78, 5) is 16.9. The van der Waals surface area contributed by atoms with Gasteiger partial charge in [0.1, 0.15) is 5.82 Å². The Balaban J connectivity index is 1.62. The van der Waals surface area contributed by atoms with E-state index >= 15 is 0 Å². The summed E-state index contributed by atoms with van der Waals surface area (Å²) in [5.74, 6) is -1.03. The Bertz CT molecular complexity index is 1120. The molecule has 33 heavy (non-hydrogen) atoms. The molecule has 0 aromatic heterocycles. The Hall–Kier alpha value is -1.76. The number of carbonyl (C=O) groups is 1. The van der Waals surface area contributed by atoms with Gasteiger partial charge in [0.25, 0.3) is 5.91 Å². The number of alkyl halides is 1. The topological polar surface area (TPSA) is 43.8 Å². The number of piperazine rings is 1. The molecule has 0 spiro atoms. The van der Waals surface area contributed by atoms with Gasteiger partial charge in [-0.3, -0.25) is 4.79 Å². The molecule has 1 saturated heterocycles. The van der Waals surface area contributed by atoms with Gasteiger partial charge in [-0.1, -0.05) is 59.1 Å².